The van der Waals surface area contributed by atoms with Crippen molar-refractivity contribution in [1.29, 1.82) is 0 Å². The van der Waals surface area contributed by atoms with Crippen molar-refractivity contribution >= 4 is 5.97 Å². The van der Waals surface area contributed by atoms with E-state index in [0.717, 1.165) is 12.0 Å². The van der Waals surface area contributed by atoms with Crippen LogP contribution in [0.25, 0.3) is 11.1 Å². The molecule has 0 spiro atoms. The van der Waals surface area contributed by atoms with Crippen molar-refractivity contribution in [3.05, 3.63) is 52.6 Å². The number of carbonyl (C=O) groups is 1. The number of esters is 1. The van der Waals surface area contributed by atoms with Crippen LogP contribution in [0.1, 0.15) is 27.0 Å². The zero-order valence-electron chi connectivity index (χ0n) is 12.5. The minimum absolute atomic E-state index is 0.361. The number of rotatable bonds is 1. The Hall–Kier alpha value is -2.29. The highest BCUT2D eigenvalue weighted by Gasteiger charge is 2.23. The Balaban J connectivity index is 2.28. The van der Waals surface area contributed by atoms with Crippen LogP contribution >= 0.6 is 0 Å². The topological polar surface area (TPSA) is 35.5 Å². The van der Waals surface area contributed by atoms with Gasteiger partial charge in [-0.05, 0) is 36.6 Å². The molecule has 0 amide bonds. The number of fused-ring (bicyclic) bond motifs is 3. The first-order chi connectivity index (χ1) is 10.1. The van der Waals surface area contributed by atoms with Crippen molar-refractivity contribution in [2.24, 2.45) is 0 Å². The predicted octanol–water partition coefficient (Wildman–Crippen LogP) is 3.69. The van der Waals surface area contributed by atoms with Gasteiger partial charge >= 0.3 is 5.97 Å². The summed E-state index contributed by atoms with van der Waals surface area (Å²) in [6.07, 6.45) is 0.840. The van der Waals surface area contributed by atoms with E-state index in [9.17, 15) is 4.79 Å². The van der Waals surface area contributed by atoms with Crippen molar-refractivity contribution in [1.82, 2.24) is 0 Å². The van der Waals surface area contributed by atoms with Crippen molar-refractivity contribution < 1.29 is 14.3 Å². The van der Waals surface area contributed by atoms with Crippen molar-refractivity contribution in [3.8, 4) is 16.9 Å². The van der Waals surface area contributed by atoms with Gasteiger partial charge in [-0.25, -0.2) is 4.79 Å². The second-order valence-corrected chi connectivity index (χ2v) is 5.39. The van der Waals surface area contributed by atoms with Crippen LogP contribution in [0.4, 0.5) is 0 Å². The van der Waals surface area contributed by atoms with Crippen LogP contribution in [0.2, 0.25) is 0 Å². The number of carbonyl (C=O) groups excluding carboxylic acids is 1. The normalized spacial score (nSPS) is 12.7. The number of aryl methyl sites for hydroxylation is 2. The largest absolute Gasteiger partial charge is 0.492 e. The lowest BCUT2D eigenvalue weighted by molar-refractivity contribution is 0.0596. The highest BCUT2D eigenvalue weighted by atomic mass is 16.5. The Kier molecular flexibility index (Phi) is 3.42. The standard InChI is InChI=1S/C18H18O3/c1-11-9-12(2)16-13(10-11)7-8-21-17-14(16)5-4-6-15(17)18(19)20-3/h4-6,9-10H,7-8H2,1-3H3. The first-order valence-electron chi connectivity index (χ1n) is 7.06. The summed E-state index contributed by atoms with van der Waals surface area (Å²) in [6.45, 7) is 4.77. The molecule has 0 saturated carbocycles. The van der Waals surface area contributed by atoms with E-state index < -0.39 is 0 Å². The van der Waals surface area contributed by atoms with Gasteiger partial charge < -0.3 is 9.47 Å². The Labute approximate surface area is 124 Å². The fourth-order valence-electron chi connectivity index (χ4n) is 3.06. The lowest BCUT2D eigenvalue weighted by Gasteiger charge is -2.14. The Bertz CT molecular complexity index is 717. The van der Waals surface area contributed by atoms with Crippen LogP contribution in [0.5, 0.6) is 5.75 Å². The molecule has 0 aromatic heterocycles. The van der Waals surface area contributed by atoms with E-state index in [0.29, 0.717) is 17.9 Å². The molecule has 0 atom stereocenters. The number of benzene rings is 2. The molecule has 3 nitrogen and oxygen atoms in total. The van der Waals surface area contributed by atoms with Crippen LogP contribution in [0.15, 0.2) is 30.3 Å². The van der Waals surface area contributed by atoms with Gasteiger partial charge in [0.05, 0.1) is 13.7 Å². The van der Waals surface area contributed by atoms with Crippen LogP contribution < -0.4 is 4.74 Å². The Morgan fingerprint density at radius 2 is 2.05 bits per heavy atom. The molecular weight excluding hydrogens is 264 g/mol. The summed E-state index contributed by atoms with van der Waals surface area (Å²) < 4.78 is 10.7. The Morgan fingerprint density at radius 3 is 2.81 bits per heavy atom. The lowest BCUT2D eigenvalue weighted by atomic mass is 9.91. The maximum Gasteiger partial charge on any atom is 0.341 e. The smallest absolute Gasteiger partial charge is 0.341 e. The molecule has 0 fully saturated rings. The van der Waals surface area contributed by atoms with Crippen molar-refractivity contribution in [3.63, 3.8) is 0 Å². The van der Waals surface area contributed by atoms with Gasteiger partial charge in [-0.1, -0.05) is 29.8 Å². The second-order valence-electron chi connectivity index (χ2n) is 5.39. The summed E-state index contributed by atoms with van der Waals surface area (Å²) in [5, 5.41) is 0. The van der Waals surface area contributed by atoms with Crippen LogP contribution in [0.3, 0.4) is 0 Å². The molecule has 108 valence electrons. The third kappa shape index (κ3) is 2.29. The molecule has 0 unspecified atom stereocenters. The van der Waals surface area contributed by atoms with Crippen LogP contribution in [-0.4, -0.2) is 19.7 Å². The average Bonchev–Trinajstić information content (AvgIpc) is 2.65. The molecule has 0 aliphatic carbocycles. The van der Waals surface area contributed by atoms with E-state index in [2.05, 4.69) is 26.0 Å². The summed E-state index contributed by atoms with van der Waals surface area (Å²) in [5.41, 5.74) is 6.37. The lowest BCUT2D eigenvalue weighted by Crippen LogP contribution is -2.06. The van der Waals surface area contributed by atoms with Crippen molar-refractivity contribution in [2.75, 3.05) is 13.7 Å². The SMILES string of the molecule is COC(=O)c1cccc2c1OCCc1cc(C)cc(C)c1-2. The maximum absolute atomic E-state index is 11.9. The van der Waals surface area contributed by atoms with E-state index in [-0.39, 0.29) is 5.97 Å². The van der Waals surface area contributed by atoms with Gasteiger partial charge in [0.2, 0.25) is 0 Å². The molecule has 21 heavy (non-hydrogen) atoms. The number of ether oxygens (including phenoxy) is 2. The third-order valence-electron chi connectivity index (χ3n) is 3.87. The summed E-state index contributed by atoms with van der Waals surface area (Å²) in [6, 6.07) is 10.0. The van der Waals surface area contributed by atoms with E-state index >= 15 is 0 Å². The molecular formula is C18H18O3. The minimum atomic E-state index is -0.361. The molecule has 0 saturated heterocycles. The van der Waals surface area contributed by atoms with E-state index in [1.54, 1.807) is 6.07 Å². The summed E-state index contributed by atoms with van der Waals surface area (Å²) in [5.74, 6) is 0.273. The zero-order valence-corrected chi connectivity index (χ0v) is 12.5. The molecule has 1 aliphatic rings. The van der Waals surface area contributed by atoms with Crippen LogP contribution in [-0.2, 0) is 11.2 Å². The first-order valence-corrected chi connectivity index (χ1v) is 7.06. The van der Waals surface area contributed by atoms with E-state index in [1.807, 2.05) is 12.1 Å². The highest BCUT2D eigenvalue weighted by molar-refractivity contribution is 5.96. The monoisotopic (exact) mass is 282 g/mol. The first kappa shape index (κ1) is 13.7. The fourth-order valence-corrected chi connectivity index (χ4v) is 3.06. The molecule has 0 radical (unpaired) electrons. The molecule has 2 aromatic rings. The van der Waals surface area contributed by atoms with E-state index in [4.69, 9.17) is 9.47 Å². The molecule has 3 rings (SSSR count). The average molecular weight is 282 g/mol. The molecule has 2 aromatic carbocycles. The van der Waals surface area contributed by atoms with Gasteiger partial charge in [0.1, 0.15) is 11.3 Å². The van der Waals surface area contributed by atoms with Gasteiger partial charge in [0.25, 0.3) is 0 Å². The maximum atomic E-state index is 11.9. The highest BCUT2D eigenvalue weighted by Crippen LogP contribution is 2.40. The summed E-state index contributed by atoms with van der Waals surface area (Å²) in [7, 11) is 1.39. The van der Waals surface area contributed by atoms with E-state index in [1.165, 1.54) is 29.4 Å². The van der Waals surface area contributed by atoms with Gasteiger partial charge in [-0.2, -0.15) is 0 Å². The molecule has 1 heterocycles. The number of methoxy groups -OCH3 is 1. The second kappa shape index (κ2) is 5.24. The number of para-hydroxylation sites is 1. The minimum Gasteiger partial charge on any atom is -0.492 e. The van der Waals surface area contributed by atoms with Crippen molar-refractivity contribution in [2.45, 2.75) is 20.3 Å². The Morgan fingerprint density at radius 1 is 1.24 bits per heavy atom. The molecule has 1 aliphatic heterocycles. The third-order valence-corrected chi connectivity index (χ3v) is 3.87. The van der Waals surface area contributed by atoms with Gasteiger partial charge in [-0.15, -0.1) is 0 Å². The number of hydrogen-bond acceptors (Lipinski definition) is 3. The molecule has 0 bridgehead atoms. The van der Waals surface area contributed by atoms with Gasteiger partial charge in [-0.3, -0.25) is 0 Å². The van der Waals surface area contributed by atoms with Gasteiger partial charge in [0.15, 0.2) is 0 Å². The quantitative estimate of drug-likeness (QED) is 0.748. The summed E-state index contributed by atoms with van der Waals surface area (Å²) in [4.78, 5) is 11.9. The predicted molar refractivity (Wildman–Crippen MR) is 81.9 cm³/mol. The van der Waals surface area contributed by atoms with Crippen LogP contribution in [0, 0.1) is 13.8 Å². The van der Waals surface area contributed by atoms with Gasteiger partial charge in [0, 0.05) is 12.0 Å². The molecule has 0 N–H and O–H groups in total. The molecule has 3 heteroatoms. The fraction of sp³-hybridized carbons (Fsp3) is 0.278. The summed E-state index contributed by atoms with van der Waals surface area (Å²) >= 11 is 0. The number of hydrogen-bond donors (Lipinski definition) is 0. The zero-order chi connectivity index (χ0) is 15.0.